The van der Waals surface area contributed by atoms with Gasteiger partial charge in [-0.3, -0.25) is 15.5 Å². The lowest BCUT2D eigenvalue weighted by atomic mass is 10.2. The SMILES string of the molecule is CCOc1ccc([N+](=O)[O-])c(NNc2ccccc2)c1. The number of nitrogens with one attached hydrogen (secondary N) is 2. The Bertz CT molecular complexity index is 587. The van der Waals surface area contributed by atoms with Crippen molar-refractivity contribution in [1.29, 1.82) is 0 Å². The molecule has 0 fully saturated rings. The summed E-state index contributed by atoms with van der Waals surface area (Å²) >= 11 is 0. The van der Waals surface area contributed by atoms with Gasteiger partial charge in [0.2, 0.25) is 0 Å². The number of nitro groups is 1. The summed E-state index contributed by atoms with van der Waals surface area (Å²) < 4.78 is 5.34. The summed E-state index contributed by atoms with van der Waals surface area (Å²) in [6, 6.07) is 13.9. The molecule has 20 heavy (non-hydrogen) atoms. The van der Waals surface area contributed by atoms with Gasteiger partial charge in [0, 0.05) is 12.1 Å². The molecule has 104 valence electrons. The summed E-state index contributed by atoms with van der Waals surface area (Å²) in [4.78, 5) is 10.6. The normalized spacial score (nSPS) is 9.85. The molecule has 2 aromatic carbocycles. The van der Waals surface area contributed by atoms with Crippen molar-refractivity contribution < 1.29 is 9.66 Å². The fraction of sp³-hybridized carbons (Fsp3) is 0.143. The predicted octanol–water partition coefficient (Wildman–Crippen LogP) is 3.43. The Morgan fingerprint density at radius 1 is 1.15 bits per heavy atom. The van der Waals surface area contributed by atoms with Crippen LogP contribution in [0.25, 0.3) is 0 Å². The second-order valence-electron chi connectivity index (χ2n) is 3.99. The number of para-hydroxylation sites is 1. The van der Waals surface area contributed by atoms with Crippen LogP contribution in [0.15, 0.2) is 48.5 Å². The number of hydrogen-bond donors (Lipinski definition) is 2. The van der Waals surface area contributed by atoms with E-state index in [9.17, 15) is 10.1 Å². The second-order valence-corrected chi connectivity index (χ2v) is 3.99. The van der Waals surface area contributed by atoms with Crippen molar-refractivity contribution in [2.45, 2.75) is 6.92 Å². The van der Waals surface area contributed by atoms with Crippen LogP contribution in [0.4, 0.5) is 17.1 Å². The number of anilines is 2. The van der Waals surface area contributed by atoms with E-state index in [1.165, 1.54) is 6.07 Å². The highest BCUT2D eigenvalue weighted by atomic mass is 16.6. The monoisotopic (exact) mass is 273 g/mol. The van der Waals surface area contributed by atoms with Crippen LogP contribution in [0.3, 0.4) is 0 Å². The highest BCUT2D eigenvalue weighted by Crippen LogP contribution is 2.29. The Balaban J connectivity index is 2.19. The fourth-order valence-corrected chi connectivity index (χ4v) is 1.69. The molecule has 2 aromatic rings. The molecule has 0 saturated heterocycles. The van der Waals surface area contributed by atoms with Crippen molar-refractivity contribution in [2.75, 3.05) is 17.5 Å². The van der Waals surface area contributed by atoms with Gasteiger partial charge in [-0.05, 0) is 25.1 Å². The molecule has 6 nitrogen and oxygen atoms in total. The van der Waals surface area contributed by atoms with E-state index in [1.54, 1.807) is 12.1 Å². The Labute approximate surface area is 116 Å². The number of nitrogens with zero attached hydrogens (tertiary/aromatic N) is 1. The fourth-order valence-electron chi connectivity index (χ4n) is 1.69. The molecule has 0 radical (unpaired) electrons. The van der Waals surface area contributed by atoms with Crippen LogP contribution in [-0.4, -0.2) is 11.5 Å². The topological polar surface area (TPSA) is 76.4 Å². The lowest BCUT2D eigenvalue weighted by molar-refractivity contribution is -0.384. The van der Waals surface area contributed by atoms with Crippen LogP contribution in [0.2, 0.25) is 0 Å². The maximum atomic E-state index is 11.0. The van der Waals surface area contributed by atoms with Crippen LogP contribution in [0.1, 0.15) is 6.92 Å². The maximum Gasteiger partial charge on any atom is 0.294 e. The van der Waals surface area contributed by atoms with Gasteiger partial charge < -0.3 is 10.2 Å². The van der Waals surface area contributed by atoms with E-state index in [4.69, 9.17) is 4.74 Å². The predicted molar refractivity (Wildman–Crippen MR) is 78.0 cm³/mol. The summed E-state index contributed by atoms with van der Waals surface area (Å²) in [6.07, 6.45) is 0. The van der Waals surface area contributed by atoms with Gasteiger partial charge in [-0.2, -0.15) is 0 Å². The van der Waals surface area contributed by atoms with E-state index in [1.807, 2.05) is 37.3 Å². The number of hydrazine groups is 1. The molecule has 6 heteroatoms. The van der Waals surface area contributed by atoms with Crippen molar-refractivity contribution >= 4 is 17.1 Å². The van der Waals surface area contributed by atoms with Gasteiger partial charge in [-0.1, -0.05) is 18.2 Å². The number of ether oxygens (including phenoxy) is 1. The quantitative estimate of drug-likeness (QED) is 0.623. The number of rotatable bonds is 6. The van der Waals surface area contributed by atoms with Crippen molar-refractivity contribution in [1.82, 2.24) is 0 Å². The lowest BCUT2D eigenvalue weighted by Gasteiger charge is -2.11. The van der Waals surface area contributed by atoms with Crippen molar-refractivity contribution in [3.05, 3.63) is 58.6 Å². The molecule has 2 N–H and O–H groups in total. The summed E-state index contributed by atoms with van der Waals surface area (Å²) in [5.41, 5.74) is 6.90. The van der Waals surface area contributed by atoms with Crippen LogP contribution in [0, 0.1) is 10.1 Å². The van der Waals surface area contributed by atoms with Gasteiger partial charge in [-0.25, -0.2) is 0 Å². The minimum atomic E-state index is -0.440. The Kier molecular flexibility index (Phi) is 4.39. The average molecular weight is 273 g/mol. The summed E-state index contributed by atoms with van der Waals surface area (Å²) in [7, 11) is 0. The third-order valence-corrected chi connectivity index (χ3v) is 2.59. The molecule has 0 aliphatic carbocycles. The minimum Gasteiger partial charge on any atom is -0.494 e. The minimum absolute atomic E-state index is 0.0168. The standard InChI is InChI=1S/C14H15N3O3/c1-2-20-12-8-9-14(17(18)19)13(10-12)16-15-11-6-4-3-5-7-11/h3-10,15-16H,2H2,1H3. The Hall–Kier alpha value is -2.76. The molecule has 0 bridgehead atoms. The molecular weight excluding hydrogens is 258 g/mol. The van der Waals surface area contributed by atoms with Crippen LogP contribution >= 0.6 is 0 Å². The van der Waals surface area contributed by atoms with E-state index in [0.29, 0.717) is 18.0 Å². The summed E-state index contributed by atoms with van der Waals surface area (Å²) in [5, 5.41) is 11.0. The van der Waals surface area contributed by atoms with E-state index in [-0.39, 0.29) is 5.69 Å². The highest BCUT2D eigenvalue weighted by molar-refractivity contribution is 5.66. The van der Waals surface area contributed by atoms with Gasteiger partial charge in [0.05, 0.1) is 17.2 Å². The first-order chi connectivity index (χ1) is 9.70. The molecule has 0 aliphatic heterocycles. The first-order valence-corrected chi connectivity index (χ1v) is 6.19. The molecule has 0 aromatic heterocycles. The largest absolute Gasteiger partial charge is 0.494 e. The van der Waals surface area contributed by atoms with Gasteiger partial charge in [0.1, 0.15) is 11.4 Å². The van der Waals surface area contributed by atoms with Gasteiger partial charge in [-0.15, -0.1) is 0 Å². The smallest absolute Gasteiger partial charge is 0.294 e. The molecular formula is C14H15N3O3. The van der Waals surface area contributed by atoms with Crippen LogP contribution in [0.5, 0.6) is 5.75 Å². The van der Waals surface area contributed by atoms with Gasteiger partial charge in [0.15, 0.2) is 0 Å². The molecule has 0 heterocycles. The third kappa shape index (κ3) is 3.38. The Morgan fingerprint density at radius 3 is 2.55 bits per heavy atom. The van der Waals surface area contributed by atoms with Crippen molar-refractivity contribution in [2.24, 2.45) is 0 Å². The van der Waals surface area contributed by atoms with Gasteiger partial charge >= 0.3 is 0 Å². The Morgan fingerprint density at radius 2 is 1.90 bits per heavy atom. The summed E-state index contributed by atoms with van der Waals surface area (Å²) in [5.74, 6) is 0.579. The van der Waals surface area contributed by atoms with Crippen LogP contribution < -0.4 is 15.6 Å². The highest BCUT2D eigenvalue weighted by Gasteiger charge is 2.14. The van der Waals surface area contributed by atoms with Crippen molar-refractivity contribution in [3.63, 3.8) is 0 Å². The van der Waals surface area contributed by atoms with Gasteiger partial charge in [0.25, 0.3) is 5.69 Å². The molecule has 0 aliphatic rings. The zero-order chi connectivity index (χ0) is 14.4. The second kappa shape index (κ2) is 6.42. The zero-order valence-electron chi connectivity index (χ0n) is 11.0. The molecule has 2 rings (SSSR count). The molecule has 0 unspecified atom stereocenters. The van der Waals surface area contributed by atoms with E-state index < -0.39 is 4.92 Å². The summed E-state index contributed by atoms with van der Waals surface area (Å²) in [6.45, 7) is 2.36. The van der Waals surface area contributed by atoms with E-state index in [0.717, 1.165) is 5.69 Å². The van der Waals surface area contributed by atoms with Crippen LogP contribution in [-0.2, 0) is 0 Å². The molecule has 0 atom stereocenters. The first-order valence-electron chi connectivity index (χ1n) is 6.19. The zero-order valence-corrected chi connectivity index (χ0v) is 11.0. The third-order valence-electron chi connectivity index (χ3n) is 2.59. The van der Waals surface area contributed by atoms with Crippen molar-refractivity contribution in [3.8, 4) is 5.75 Å². The number of hydrogen-bond acceptors (Lipinski definition) is 5. The van der Waals surface area contributed by atoms with E-state index >= 15 is 0 Å². The first kappa shape index (κ1) is 13.7. The molecule has 0 saturated carbocycles. The maximum absolute atomic E-state index is 11.0. The van der Waals surface area contributed by atoms with E-state index in [2.05, 4.69) is 10.9 Å². The molecule has 0 spiro atoms. The number of nitro benzene ring substituents is 1. The lowest BCUT2D eigenvalue weighted by Crippen LogP contribution is -2.10. The molecule has 0 amide bonds. The number of benzene rings is 2. The average Bonchev–Trinajstić information content (AvgIpc) is 2.46.